The number of aromatic nitrogens is 3. The second-order valence-corrected chi connectivity index (χ2v) is 4.86. The van der Waals surface area contributed by atoms with Crippen LogP contribution in [0.25, 0.3) is 22.8 Å². The Morgan fingerprint density at radius 2 is 1.89 bits per heavy atom. The number of benzene rings is 1. The maximum Gasteiger partial charge on any atom is 0.181 e. The standard InChI is InChI=1S/C14H12N4S/c1-9-12(10-5-3-2-4-6-10)17-14(18-13(9)15)11-7-19-8-16-11/h2-8H,1H3,(H2,15,17,18). The van der Waals surface area contributed by atoms with Gasteiger partial charge in [-0.3, -0.25) is 0 Å². The smallest absolute Gasteiger partial charge is 0.181 e. The fourth-order valence-corrected chi connectivity index (χ4v) is 2.38. The lowest BCUT2D eigenvalue weighted by Gasteiger charge is -2.09. The van der Waals surface area contributed by atoms with E-state index in [1.54, 1.807) is 5.51 Å². The molecule has 2 heterocycles. The van der Waals surface area contributed by atoms with Crippen LogP contribution in [0.15, 0.2) is 41.2 Å². The molecule has 0 saturated heterocycles. The molecule has 0 fully saturated rings. The van der Waals surface area contributed by atoms with Gasteiger partial charge in [0.2, 0.25) is 0 Å². The summed E-state index contributed by atoms with van der Waals surface area (Å²) in [6.45, 7) is 1.93. The summed E-state index contributed by atoms with van der Waals surface area (Å²) in [5.74, 6) is 1.07. The SMILES string of the molecule is Cc1c(N)nc(-c2cscn2)nc1-c1ccccc1. The normalized spacial score (nSPS) is 10.6. The summed E-state index contributed by atoms with van der Waals surface area (Å²) in [6.07, 6.45) is 0. The molecule has 0 aliphatic rings. The van der Waals surface area contributed by atoms with Crippen LogP contribution >= 0.6 is 11.3 Å². The quantitative estimate of drug-likeness (QED) is 0.775. The zero-order valence-electron chi connectivity index (χ0n) is 10.4. The third kappa shape index (κ3) is 2.20. The minimum Gasteiger partial charge on any atom is -0.383 e. The summed E-state index contributed by atoms with van der Waals surface area (Å²) >= 11 is 1.51. The maximum absolute atomic E-state index is 5.99. The molecule has 0 radical (unpaired) electrons. The van der Waals surface area contributed by atoms with Crippen molar-refractivity contribution in [2.45, 2.75) is 6.92 Å². The zero-order chi connectivity index (χ0) is 13.2. The van der Waals surface area contributed by atoms with E-state index in [0.29, 0.717) is 11.6 Å². The van der Waals surface area contributed by atoms with E-state index < -0.39 is 0 Å². The van der Waals surface area contributed by atoms with Crippen LogP contribution < -0.4 is 5.73 Å². The van der Waals surface area contributed by atoms with Crippen LogP contribution in [0.5, 0.6) is 0 Å². The molecule has 3 rings (SSSR count). The molecular formula is C14H12N4S. The second kappa shape index (κ2) is 4.78. The van der Waals surface area contributed by atoms with E-state index in [2.05, 4.69) is 15.0 Å². The Bertz CT molecular complexity index is 693. The first-order valence-electron chi connectivity index (χ1n) is 5.84. The van der Waals surface area contributed by atoms with Gasteiger partial charge in [-0.1, -0.05) is 30.3 Å². The largest absolute Gasteiger partial charge is 0.383 e. The monoisotopic (exact) mass is 268 g/mol. The summed E-state index contributed by atoms with van der Waals surface area (Å²) in [4.78, 5) is 13.1. The highest BCUT2D eigenvalue weighted by atomic mass is 32.1. The minimum atomic E-state index is 0.497. The molecule has 0 aliphatic carbocycles. The van der Waals surface area contributed by atoms with Crippen LogP contribution in [0.1, 0.15) is 5.56 Å². The highest BCUT2D eigenvalue weighted by Crippen LogP contribution is 2.27. The van der Waals surface area contributed by atoms with Gasteiger partial charge in [-0.15, -0.1) is 11.3 Å². The van der Waals surface area contributed by atoms with E-state index in [1.807, 2.05) is 42.6 Å². The number of hydrogen-bond donors (Lipinski definition) is 1. The van der Waals surface area contributed by atoms with Gasteiger partial charge in [0.25, 0.3) is 0 Å². The van der Waals surface area contributed by atoms with Gasteiger partial charge in [0.05, 0.1) is 11.2 Å². The molecule has 3 aromatic rings. The molecule has 0 aliphatic heterocycles. The van der Waals surface area contributed by atoms with Crippen molar-refractivity contribution in [3.63, 3.8) is 0 Å². The van der Waals surface area contributed by atoms with Gasteiger partial charge in [0, 0.05) is 16.5 Å². The number of rotatable bonds is 2. The first-order valence-corrected chi connectivity index (χ1v) is 6.78. The number of nitrogens with two attached hydrogens (primary N) is 1. The number of nitrogen functional groups attached to an aromatic ring is 1. The summed E-state index contributed by atoms with van der Waals surface area (Å²) in [5.41, 5.74) is 11.3. The van der Waals surface area contributed by atoms with Crippen molar-refractivity contribution in [1.82, 2.24) is 15.0 Å². The molecule has 5 heteroatoms. The molecule has 2 aromatic heterocycles. The molecule has 0 atom stereocenters. The fraction of sp³-hybridized carbons (Fsp3) is 0.0714. The molecule has 0 bridgehead atoms. The molecule has 0 spiro atoms. The molecule has 2 N–H and O–H groups in total. The highest BCUT2D eigenvalue weighted by Gasteiger charge is 2.12. The van der Waals surface area contributed by atoms with Gasteiger partial charge in [-0.25, -0.2) is 15.0 Å². The van der Waals surface area contributed by atoms with Crippen molar-refractivity contribution in [3.8, 4) is 22.8 Å². The Balaban J connectivity index is 2.20. The Hall–Kier alpha value is -2.27. The highest BCUT2D eigenvalue weighted by molar-refractivity contribution is 7.07. The summed E-state index contributed by atoms with van der Waals surface area (Å²) in [7, 11) is 0. The number of hydrogen-bond acceptors (Lipinski definition) is 5. The van der Waals surface area contributed by atoms with Gasteiger partial charge < -0.3 is 5.73 Å². The van der Waals surface area contributed by atoms with Gasteiger partial charge in [0.15, 0.2) is 5.82 Å². The van der Waals surface area contributed by atoms with Crippen LogP contribution in [-0.4, -0.2) is 15.0 Å². The summed E-state index contributed by atoms with van der Waals surface area (Å²) in [6, 6.07) is 9.97. The molecule has 0 unspecified atom stereocenters. The molecular weight excluding hydrogens is 256 g/mol. The van der Waals surface area contributed by atoms with E-state index in [4.69, 9.17) is 5.73 Å². The van der Waals surface area contributed by atoms with Crippen molar-refractivity contribution in [2.24, 2.45) is 0 Å². The van der Waals surface area contributed by atoms with Crippen LogP contribution in [0.2, 0.25) is 0 Å². The van der Waals surface area contributed by atoms with Gasteiger partial charge in [0.1, 0.15) is 11.5 Å². The van der Waals surface area contributed by atoms with Gasteiger partial charge >= 0.3 is 0 Å². The maximum atomic E-state index is 5.99. The van der Waals surface area contributed by atoms with Crippen molar-refractivity contribution >= 4 is 17.2 Å². The third-order valence-corrected chi connectivity index (χ3v) is 3.48. The van der Waals surface area contributed by atoms with E-state index in [0.717, 1.165) is 22.5 Å². The molecule has 94 valence electrons. The van der Waals surface area contributed by atoms with Crippen LogP contribution in [0, 0.1) is 6.92 Å². The Morgan fingerprint density at radius 3 is 2.58 bits per heavy atom. The van der Waals surface area contributed by atoms with Crippen molar-refractivity contribution in [3.05, 3.63) is 46.8 Å². The number of nitrogens with zero attached hydrogens (tertiary/aromatic N) is 3. The van der Waals surface area contributed by atoms with Crippen molar-refractivity contribution < 1.29 is 0 Å². The predicted octanol–water partition coefficient (Wildman–Crippen LogP) is 3.16. The predicted molar refractivity (Wildman–Crippen MR) is 77.7 cm³/mol. The lowest BCUT2D eigenvalue weighted by atomic mass is 10.1. The van der Waals surface area contributed by atoms with Crippen LogP contribution in [0.4, 0.5) is 5.82 Å². The van der Waals surface area contributed by atoms with E-state index in [1.165, 1.54) is 11.3 Å². The summed E-state index contributed by atoms with van der Waals surface area (Å²) < 4.78 is 0. The Kier molecular flexibility index (Phi) is 2.97. The first-order chi connectivity index (χ1) is 9.25. The lowest BCUT2D eigenvalue weighted by Crippen LogP contribution is -2.02. The summed E-state index contributed by atoms with van der Waals surface area (Å²) in [5, 5.41) is 1.92. The Morgan fingerprint density at radius 1 is 1.11 bits per heavy atom. The van der Waals surface area contributed by atoms with Gasteiger partial charge in [-0.05, 0) is 6.92 Å². The molecule has 0 saturated carbocycles. The minimum absolute atomic E-state index is 0.497. The zero-order valence-corrected chi connectivity index (χ0v) is 11.2. The van der Waals surface area contributed by atoms with E-state index in [9.17, 15) is 0 Å². The van der Waals surface area contributed by atoms with Crippen molar-refractivity contribution in [2.75, 3.05) is 5.73 Å². The Labute approximate surface area is 115 Å². The first kappa shape index (κ1) is 11.8. The van der Waals surface area contributed by atoms with Crippen LogP contribution in [0.3, 0.4) is 0 Å². The average Bonchev–Trinajstić information content (AvgIpc) is 2.97. The third-order valence-electron chi connectivity index (χ3n) is 2.89. The molecule has 4 nitrogen and oxygen atoms in total. The lowest BCUT2D eigenvalue weighted by molar-refractivity contribution is 1.13. The van der Waals surface area contributed by atoms with E-state index in [-0.39, 0.29) is 0 Å². The molecule has 0 amide bonds. The van der Waals surface area contributed by atoms with Crippen LogP contribution in [-0.2, 0) is 0 Å². The topological polar surface area (TPSA) is 64.7 Å². The number of anilines is 1. The fourth-order valence-electron chi connectivity index (χ4n) is 1.85. The average molecular weight is 268 g/mol. The molecule has 1 aromatic carbocycles. The molecule has 19 heavy (non-hydrogen) atoms. The second-order valence-electron chi connectivity index (χ2n) is 4.15. The van der Waals surface area contributed by atoms with Gasteiger partial charge in [-0.2, -0.15) is 0 Å². The number of thiazole rings is 1. The van der Waals surface area contributed by atoms with Crippen molar-refractivity contribution in [1.29, 1.82) is 0 Å². The van der Waals surface area contributed by atoms with E-state index >= 15 is 0 Å².